The van der Waals surface area contributed by atoms with Crippen molar-refractivity contribution in [2.24, 2.45) is 0 Å². The van der Waals surface area contributed by atoms with Crippen LogP contribution < -0.4 is 5.32 Å². The summed E-state index contributed by atoms with van der Waals surface area (Å²) in [5.41, 5.74) is 4.29. The maximum atomic E-state index is 12.6. The molecule has 3 aromatic rings. The molecule has 0 atom stereocenters. The Bertz CT molecular complexity index is 945. The van der Waals surface area contributed by atoms with Crippen molar-refractivity contribution in [2.75, 3.05) is 6.54 Å². The molecule has 1 aliphatic rings. The zero-order valence-electron chi connectivity index (χ0n) is 14.6. The lowest BCUT2D eigenvalue weighted by molar-refractivity contribution is 0.0955. The van der Waals surface area contributed by atoms with Gasteiger partial charge in [-0.1, -0.05) is 11.6 Å². The molecule has 3 heterocycles. The number of rotatable bonds is 5. The number of carbonyl (C=O) groups is 1. The zero-order chi connectivity index (χ0) is 17.8. The second-order valence-corrected chi connectivity index (χ2v) is 6.48. The quantitative estimate of drug-likeness (QED) is 0.718. The van der Waals surface area contributed by atoms with Gasteiger partial charge in [0.05, 0.1) is 11.9 Å². The van der Waals surface area contributed by atoms with E-state index >= 15 is 0 Å². The fraction of sp³-hybridized carbons (Fsp3) is 0.300. The van der Waals surface area contributed by atoms with Crippen molar-refractivity contribution >= 4 is 11.6 Å². The molecule has 6 nitrogen and oxygen atoms in total. The summed E-state index contributed by atoms with van der Waals surface area (Å²) in [6.45, 7) is 0.643. The third kappa shape index (κ3) is 3.35. The summed E-state index contributed by atoms with van der Waals surface area (Å²) in [7, 11) is 0. The van der Waals surface area contributed by atoms with Gasteiger partial charge < -0.3 is 5.32 Å². The Morgan fingerprint density at radius 1 is 1.19 bits per heavy atom. The van der Waals surface area contributed by atoms with E-state index in [0.717, 1.165) is 24.1 Å². The normalized spacial score (nSPS) is 14.2. The SMILES string of the molecule is O=C(NCCC1=CCCCC1)c1cnn2c(-c3cccnc3)ccnc12. The highest BCUT2D eigenvalue weighted by Crippen LogP contribution is 2.21. The summed E-state index contributed by atoms with van der Waals surface area (Å²) in [5.74, 6) is -0.132. The van der Waals surface area contributed by atoms with E-state index in [9.17, 15) is 4.79 Å². The van der Waals surface area contributed by atoms with Crippen LogP contribution in [-0.4, -0.2) is 32.0 Å². The van der Waals surface area contributed by atoms with Gasteiger partial charge in [-0.25, -0.2) is 9.50 Å². The van der Waals surface area contributed by atoms with Crippen molar-refractivity contribution in [3.63, 3.8) is 0 Å². The van der Waals surface area contributed by atoms with Gasteiger partial charge in [0.25, 0.3) is 5.91 Å². The first-order valence-corrected chi connectivity index (χ1v) is 9.02. The number of nitrogens with zero attached hydrogens (tertiary/aromatic N) is 4. The van der Waals surface area contributed by atoms with E-state index in [4.69, 9.17) is 0 Å². The number of nitrogens with one attached hydrogen (secondary N) is 1. The van der Waals surface area contributed by atoms with Crippen LogP contribution in [0, 0.1) is 0 Å². The fourth-order valence-corrected chi connectivity index (χ4v) is 3.35. The van der Waals surface area contributed by atoms with Crippen LogP contribution in [0.5, 0.6) is 0 Å². The summed E-state index contributed by atoms with van der Waals surface area (Å²) in [6, 6.07) is 5.70. The Balaban J connectivity index is 1.52. The molecule has 0 radical (unpaired) electrons. The van der Waals surface area contributed by atoms with Crippen LogP contribution in [0.25, 0.3) is 16.9 Å². The molecule has 0 unspecified atom stereocenters. The summed E-state index contributed by atoms with van der Waals surface area (Å²) in [4.78, 5) is 21.1. The van der Waals surface area contributed by atoms with Gasteiger partial charge in [0.15, 0.2) is 5.65 Å². The minimum atomic E-state index is -0.132. The van der Waals surface area contributed by atoms with Crippen LogP contribution in [0.4, 0.5) is 0 Å². The van der Waals surface area contributed by atoms with Crippen LogP contribution >= 0.6 is 0 Å². The smallest absolute Gasteiger partial charge is 0.256 e. The number of hydrogen-bond donors (Lipinski definition) is 1. The number of allylic oxidation sites excluding steroid dienone is 1. The molecular formula is C20H21N5O. The van der Waals surface area contributed by atoms with E-state index in [1.807, 2.05) is 18.2 Å². The van der Waals surface area contributed by atoms with Gasteiger partial charge in [0, 0.05) is 30.7 Å². The van der Waals surface area contributed by atoms with E-state index in [1.165, 1.54) is 24.8 Å². The van der Waals surface area contributed by atoms with Gasteiger partial charge in [-0.2, -0.15) is 5.10 Å². The molecule has 3 aromatic heterocycles. The zero-order valence-corrected chi connectivity index (χ0v) is 14.6. The molecule has 0 fully saturated rings. The summed E-state index contributed by atoms with van der Waals surface area (Å²) >= 11 is 0. The average Bonchev–Trinajstić information content (AvgIpc) is 3.14. The summed E-state index contributed by atoms with van der Waals surface area (Å²) in [6.07, 6.45) is 14.9. The molecule has 26 heavy (non-hydrogen) atoms. The molecule has 0 aliphatic heterocycles. The average molecular weight is 347 g/mol. The molecule has 132 valence electrons. The number of pyridine rings is 1. The third-order valence-electron chi connectivity index (χ3n) is 4.72. The molecule has 0 bridgehead atoms. The van der Waals surface area contributed by atoms with E-state index in [1.54, 1.807) is 29.3 Å². The molecule has 0 saturated heterocycles. The highest BCUT2D eigenvalue weighted by molar-refractivity contribution is 5.99. The number of aromatic nitrogens is 4. The minimum Gasteiger partial charge on any atom is -0.352 e. The molecule has 0 spiro atoms. The summed E-state index contributed by atoms with van der Waals surface area (Å²) in [5, 5.41) is 7.37. The van der Waals surface area contributed by atoms with E-state index in [2.05, 4.69) is 26.5 Å². The van der Waals surface area contributed by atoms with Crippen LogP contribution in [0.1, 0.15) is 42.5 Å². The largest absolute Gasteiger partial charge is 0.352 e. The van der Waals surface area contributed by atoms with Crippen molar-refractivity contribution in [3.8, 4) is 11.3 Å². The van der Waals surface area contributed by atoms with Crippen molar-refractivity contribution in [3.05, 3.63) is 60.2 Å². The molecule has 1 aliphatic carbocycles. The predicted molar refractivity (Wildman–Crippen MR) is 99.7 cm³/mol. The molecule has 6 heteroatoms. The first-order chi connectivity index (χ1) is 12.8. The van der Waals surface area contributed by atoms with Crippen molar-refractivity contribution in [2.45, 2.75) is 32.1 Å². The van der Waals surface area contributed by atoms with Crippen LogP contribution in [0.15, 0.2) is 54.6 Å². The Morgan fingerprint density at radius 3 is 2.96 bits per heavy atom. The van der Waals surface area contributed by atoms with Gasteiger partial charge in [0.1, 0.15) is 5.56 Å². The standard InChI is InChI=1S/C20H21N5O/c26-20(23-11-8-15-5-2-1-3-6-15)17-14-24-25-18(9-12-22-19(17)25)16-7-4-10-21-13-16/h4-5,7,9-10,12-14H,1-3,6,8,11H2,(H,23,26). The lowest BCUT2D eigenvalue weighted by Gasteiger charge is -2.12. The molecule has 1 N–H and O–H groups in total. The highest BCUT2D eigenvalue weighted by Gasteiger charge is 2.16. The Hall–Kier alpha value is -3.02. The van der Waals surface area contributed by atoms with Crippen LogP contribution in [0.2, 0.25) is 0 Å². The Kier molecular flexibility index (Phi) is 4.73. The van der Waals surface area contributed by atoms with Gasteiger partial charge >= 0.3 is 0 Å². The lowest BCUT2D eigenvalue weighted by atomic mass is 9.97. The maximum absolute atomic E-state index is 12.6. The second kappa shape index (κ2) is 7.47. The van der Waals surface area contributed by atoms with Gasteiger partial charge in [-0.3, -0.25) is 9.78 Å². The van der Waals surface area contributed by atoms with Crippen LogP contribution in [0.3, 0.4) is 0 Å². The fourth-order valence-electron chi connectivity index (χ4n) is 3.35. The van der Waals surface area contributed by atoms with Crippen LogP contribution in [-0.2, 0) is 0 Å². The third-order valence-corrected chi connectivity index (χ3v) is 4.72. The van der Waals surface area contributed by atoms with Gasteiger partial charge in [-0.15, -0.1) is 0 Å². The second-order valence-electron chi connectivity index (χ2n) is 6.48. The molecule has 0 aromatic carbocycles. The lowest BCUT2D eigenvalue weighted by Crippen LogP contribution is -2.25. The van der Waals surface area contributed by atoms with Crippen molar-refractivity contribution in [1.29, 1.82) is 0 Å². The maximum Gasteiger partial charge on any atom is 0.256 e. The van der Waals surface area contributed by atoms with Gasteiger partial charge in [-0.05, 0) is 50.3 Å². The predicted octanol–water partition coefficient (Wildman–Crippen LogP) is 3.41. The Labute approximate surface area is 152 Å². The monoisotopic (exact) mass is 347 g/mol. The van der Waals surface area contributed by atoms with E-state index < -0.39 is 0 Å². The topological polar surface area (TPSA) is 72.2 Å². The summed E-state index contributed by atoms with van der Waals surface area (Å²) < 4.78 is 1.69. The Morgan fingerprint density at radius 2 is 2.15 bits per heavy atom. The first kappa shape index (κ1) is 16.4. The molecule has 1 amide bonds. The molecular weight excluding hydrogens is 326 g/mol. The number of amides is 1. The number of carbonyl (C=O) groups excluding carboxylic acids is 1. The van der Waals surface area contributed by atoms with Crippen molar-refractivity contribution in [1.82, 2.24) is 24.9 Å². The van der Waals surface area contributed by atoms with E-state index in [-0.39, 0.29) is 5.91 Å². The van der Waals surface area contributed by atoms with E-state index in [0.29, 0.717) is 17.8 Å². The number of hydrogen-bond acceptors (Lipinski definition) is 4. The van der Waals surface area contributed by atoms with Crippen molar-refractivity contribution < 1.29 is 4.79 Å². The molecule has 4 rings (SSSR count). The first-order valence-electron chi connectivity index (χ1n) is 9.02. The highest BCUT2D eigenvalue weighted by atomic mass is 16.1. The minimum absolute atomic E-state index is 0.132. The van der Waals surface area contributed by atoms with Gasteiger partial charge in [0.2, 0.25) is 0 Å². The number of fused-ring (bicyclic) bond motifs is 1. The molecule has 0 saturated carbocycles.